The van der Waals surface area contributed by atoms with Gasteiger partial charge in [0.2, 0.25) is 0 Å². The molecule has 3 heteroatoms. The summed E-state index contributed by atoms with van der Waals surface area (Å²) in [5.74, 6) is 3.03. The molecule has 2 radical (unpaired) electrons. The van der Waals surface area contributed by atoms with Crippen LogP contribution < -0.4 is 0 Å². The number of aromatic nitrogens is 1. The number of halogens is 1. The molecular weight excluding hydrogens is 242 g/mol. The van der Waals surface area contributed by atoms with Crippen molar-refractivity contribution in [2.24, 2.45) is 0 Å². The van der Waals surface area contributed by atoms with Crippen molar-refractivity contribution in [2.75, 3.05) is 0 Å². The van der Waals surface area contributed by atoms with Gasteiger partial charge in [0.25, 0.3) is 0 Å². The van der Waals surface area contributed by atoms with E-state index >= 15 is 0 Å². The normalized spacial score (nSPS) is 9.54. The van der Waals surface area contributed by atoms with Crippen LogP contribution in [0, 0.1) is 11.5 Å². The van der Waals surface area contributed by atoms with Crippen LogP contribution in [0.25, 0.3) is 0 Å². The minimum Gasteiger partial charge on any atom is -0.247 e. The van der Waals surface area contributed by atoms with Gasteiger partial charge in [-0.25, -0.2) is 4.98 Å². The van der Waals surface area contributed by atoms with E-state index in [0.717, 1.165) is 10.2 Å². The summed E-state index contributed by atoms with van der Waals surface area (Å²) in [7, 11) is 0.699. The molecule has 1 aromatic rings. The van der Waals surface area contributed by atoms with Crippen LogP contribution in [0.4, 0.5) is 0 Å². The predicted octanol–water partition coefficient (Wildman–Crippen LogP) is 2.69. The number of pyridine rings is 1. The van der Waals surface area contributed by atoms with Gasteiger partial charge in [-0.15, -0.1) is 5.54 Å². The lowest BCUT2D eigenvalue weighted by Crippen LogP contribution is -1.90. The third kappa shape index (κ3) is 4.25. The van der Waals surface area contributed by atoms with E-state index in [1.807, 2.05) is 12.1 Å². The highest BCUT2D eigenvalue weighted by atomic mass is 79.9. The Balaban J connectivity index is 2.62. The number of hydrogen-bond acceptors (Lipinski definition) is 1. The number of rotatable bonds is 1. The molecule has 13 heavy (non-hydrogen) atoms. The standard InChI is InChI=1S/C10H10BrNSi/c1-8(2)13-6-5-10-4-3-9(11)7-12-10/h3-4,7-8H,1-2H3. The van der Waals surface area contributed by atoms with Crippen LogP contribution in [-0.2, 0) is 0 Å². The van der Waals surface area contributed by atoms with Crippen molar-refractivity contribution in [3.05, 3.63) is 28.5 Å². The highest BCUT2D eigenvalue weighted by Gasteiger charge is 1.91. The van der Waals surface area contributed by atoms with E-state index in [1.165, 1.54) is 0 Å². The lowest BCUT2D eigenvalue weighted by Gasteiger charge is -1.91. The fourth-order valence-electron chi connectivity index (χ4n) is 0.694. The summed E-state index contributed by atoms with van der Waals surface area (Å²) in [6.07, 6.45) is 1.77. The zero-order valence-corrected chi connectivity index (χ0v) is 10.2. The molecule has 1 rings (SSSR count). The molecule has 66 valence electrons. The van der Waals surface area contributed by atoms with Gasteiger partial charge in [-0.05, 0) is 33.6 Å². The second kappa shape index (κ2) is 5.20. The van der Waals surface area contributed by atoms with Gasteiger partial charge in [0, 0.05) is 10.7 Å². The summed E-state index contributed by atoms with van der Waals surface area (Å²) in [4.78, 5) is 4.16. The van der Waals surface area contributed by atoms with Crippen molar-refractivity contribution in [1.82, 2.24) is 4.98 Å². The first-order valence-corrected chi connectivity index (χ1v) is 5.93. The van der Waals surface area contributed by atoms with Crippen LogP contribution in [0.1, 0.15) is 19.5 Å². The molecule has 0 aromatic carbocycles. The van der Waals surface area contributed by atoms with E-state index in [4.69, 9.17) is 0 Å². The Bertz CT molecular complexity index is 321. The van der Waals surface area contributed by atoms with Gasteiger partial charge in [0.1, 0.15) is 5.69 Å². The summed E-state index contributed by atoms with van der Waals surface area (Å²) in [5, 5.41) is 0. The second-order valence-corrected chi connectivity index (χ2v) is 5.52. The second-order valence-electron chi connectivity index (χ2n) is 2.91. The first-order chi connectivity index (χ1) is 6.18. The van der Waals surface area contributed by atoms with E-state index in [2.05, 4.69) is 46.2 Å². The highest BCUT2D eigenvalue weighted by Crippen LogP contribution is 2.06. The molecule has 0 aliphatic rings. The highest BCUT2D eigenvalue weighted by molar-refractivity contribution is 9.10. The minimum absolute atomic E-state index is 0.656. The van der Waals surface area contributed by atoms with E-state index in [9.17, 15) is 0 Å². The Kier molecular flexibility index (Phi) is 4.20. The molecule has 1 aromatic heterocycles. The quantitative estimate of drug-likeness (QED) is 0.553. The maximum absolute atomic E-state index is 4.16. The van der Waals surface area contributed by atoms with E-state index in [-0.39, 0.29) is 0 Å². The molecule has 0 aliphatic heterocycles. The maximum Gasteiger partial charge on any atom is 0.151 e. The Morgan fingerprint density at radius 1 is 1.46 bits per heavy atom. The predicted molar refractivity (Wildman–Crippen MR) is 59.7 cm³/mol. The third-order valence-corrected chi connectivity index (χ3v) is 2.59. The average Bonchev–Trinajstić information content (AvgIpc) is 2.08. The van der Waals surface area contributed by atoms with E-state index in [0.29, 0.717) is 15.1 Å². The van der Waals surface area contributed by atoms with Crippen molar-refractivity contribution in [3.8, 4) is 11.5 Å². The molecule has 0 saturated heterocycles. The third-order valence-electron chi connectivity index (χ3n) is 1.28. The van der Waals surface area contributed by atoms with Crippen LogP contribution in [0.5, 0.6) is 0 Å². The summed E-state index contributed by atoms with van der Waals surface area (Å²) < 4.78 is 0.990. The van der Waals surface area contributed by atoms with Gasteiger partial charge in [-0.2, -0.15) is 0 Å². The number of nitrogens with zero attached hydrogens (tertiary/aromatic N) is 1. The van der Waals surface area contributed by atoms with Crippen LogP contribution in [0.15, 0.2) is 22.8 Å². The maximum atomic E-state index is 4.16. The first kappa shape index (κ1) is 10.5. The molecule has 0 amide bonds. The Morgan fingerprint density at radius 3 is 2.77 bits per heavy atom. The molecule has 0 saturated carbocycles. The fraction of sp³-hybridized carbons (Fsp3) is 0.300. The van der Waals surface area contributed by atoms with Crippen molar-refractivity contribution < 1.29 is 0 Å². The van der Waals surface area contributed by atoms with Crippen molar-refractivity contribution >= 4 is 25.4 Å². The van der Waals surface area contributed by atoms with Crippen LogP contribution >= 0.6 is 15.9 Å². The smallest absolute Gasteiger partial charge is 0.151 e. The van der Waals surface area contributed by atoms with Crippen molar-refractivity contribution in [1.29, 1.82) is 0 Å². The molecule has 0 unspecified atom stereocenters. The average molecular weight is 252 g/mol. The summed E-state index contributed by atoms with van der Waals surface area (Å²) >= 11 is 3.33. The zero-order chi connectivity index (χ0) is 9.68. The fourth-order valence-corrected chi connectivity index (χ4v) is 1.42. The zero-order valence-electron chi connectivity index (χ0n) is 7.63. The molecule has 1 heterocycles. The first-order valence-electron chi connectivity index (χ1n) is 4.06. The Morgan fingerprint density at radius 2 is 2.23 bits per heavy atom. The molecule has 0 aliphatic carbocycles. The van der Waals surface area contributed by atoms with E-state index < -0.39 is 0 Å². The van der Waals surface area contributed by atoms with Crippen molar-refractivity contribution in [2.45, 2.75) is 19.4 Å². The minimum atomic E-state index is 0.656. The van der Waals surface area contributed by atoms with Crippen molar-refractivity contribution in [3.63, 3.8) is 0 Å². The monoisotopic (exact) mass is 251 g/mol. The molecule has 0 spiro atoms. The largest absolute Gasteiger partial charge is 0.247 e. The molecule has 0 fully saturated rings. The van der Waals surface area contributed by atoms with Gasteiger partial charge >= 0.3 is 0 Å². The lowest BCUT2D eigenvalue weighted by molar-refractivity contribution is 1.07. The van der Waals surface area contributed by atoms with Gasteiger partial charge in [0.15, 0.2) is 9.52 Å². The summed E-state index contributed by atoms with van der Waals surface area (Å²) in [6, 6.07) is 3.87. The Labute approximate surface area is 89.9 Å². The van der Waals surface area contributed by atoms with Gasteiger partial charge in [-0.3, -0.25) is 0 Å². The van der Waals surface area contributed by atoms with Gasteiger partial charge in [-0.1, -0.05) is 19.8 Å². The van der Waals surface area contributed by atoms with Gasteiger partial charge in [0.05, 0.1) is 0 Å². The van der Waals surface area contributed by atoms with Crippen LogP contribution in [-0.4, -0.2) is 14.5 Å². The lowest BCUT2D eigenvalue weighted by atomic mass is 10.4. The number of hydrogen-bond donors (Lipinski definition) is 0. The molecule has 0 atom stereocenters. The molecular formula is C10H10BrNSi. The molecule has 1 nitrogen and oxygen atoms in total. The van der Waals surface area contributed by atoms with E-state index in [1.54, 1.807) is 6.20 Å². The molecule has 0 bridgehead atoms. The SMILES string of the molecule is CC(C)[Si]C#Cc1ccc(Br)cn1. The topological polar surface area (TPSA) is 12.9 Å². The van der Waals surface area contributed by atoms with Crippen LogP contribution in [0.3, 0.4) is 0 Å². The van der Waals surface area contributed by atoms with Gasteiger partial charge < -0.3 is 0 Å². The molecule has 0 N–H and O–H groups in total. The summed E-state index contributed by atoms with van der Waals surface area (Å²) in [5.41, 5.74) is 4.62. The Hall–Kier alpha value is -0.593. The summed E-state index contributed by atoms with van der Waals surface area (Å²) in [6.45, 7) is 4.34. The van der Waals surface area contributed by atoms with Crippen LogP contribution in [0.2, 0.25) is 5.54 Å².